The first-order valence-corrected chi connectivity index (χ1v) is 7.80. The summed E-state index contributed by atoms with van der Waals surface area (Å²) >= 11 is 0. The molecule has 1 aromatic carbocycles. The molecule has 0 bridgehead atoms. The van der Waals surface area contributed by atoms with Crippen LogP contribution in [0.3, 0.4) is 0 Å². The number of benzene rings is 1. The smallest absolute Gasteiger partial charge is 0.424 e. The second kappa shape index (κ2) is 9.82. The first-order chi connectivity index (χ1) is 10.6. The molecule has 0 N–H and O–H groups in total. The average molecular weight is 307 g/mol. The van der Waals surface area contributed by atoms with Gasteiger partial charge in [-0.15, -0.1) is 0 Å². The average Bonchev–Trinajstić information content (AvgIpc) is 2.50. The zero-order valence-corrected chi connectivity index (χ0v) is 13.6. The lowest BCUT2D eigenvalue weighted by atomic mass is 10.2. The van der Waals surface area contributed by atoms with Crippen molar-refractivity contribution in [3.05, 3.63) is 29.8 Å². The predicted molar refractivity (Wildman–Crippen MR) is 86.2 cm³/mol. The molecule has 0 aromatic heterocycles. The molecule has 2 amide bonds. The van der Waals surface area contributed by atoms with E-state index < -0.39 is 12.2 Å². The van der Waals surface area contributed by atoms with Gasteiger partial charge in [0.25, 0.3) is 0 Å². The highest BCUT2D eigenvalue weighted by Crippen LogP contribution is 2.18. The molecule has 0 aliphatic rings. The molecule has 5 heteroatoms. The van der Waals surface area contributed by atoms with E-state index in [-0.39, 0.29) is 0 Å². The number of hydrogen-bond donors (Lipinski definition) is 0. The topological polar surface area (TPSA) is 55.8 Å². The lowest BCUT2D eigenvalue weighted by Crippen LogP contribution is -2.38. The van der Waals surface area contributed by atoms with Crippen molar-refractivity contribution in [2.75, 3.05) is 18.1 Å². The highest BCUT2D eigenvalue weighted by molar-refractivity contribution is 6.09. The summed E-state index contributed by atoms with van der Waals surface area (Å²) in [6, 6.07) is 7.08. The maximum Gasteiger partial charge on any atom is 0.424 e. The van der Waals surface area contributed by atoms with Crippen LogP contribution in [0.2, 0.25) is 0 Å². The zero-order valence-electron chi connectivity index (χ0n) is 13.6. The number of unbranched alkanes of at least 4 members (excludes halogenated alkanes) is 2. The van der Waals surface area contributed by atoms with E-state index >= 15 is 0 Å². The number of ether oxygens (including phenoxy) is 2. The highest BCUT2D eigenvalue weighted by atomic mass is 16.6. The van der Waals surface area contributed by atoms with E-state index in [0.29, 0.717) is 18.9 Å². The van der Waals surface area contributed by atoms with Crippen LogP contribution in [-0.4, -0.2) is 25.4 Å². The van der Waals surface area contributed by atoms with E-state index in [4.69, 9.17) is 9.47 Å². The number of anilines is 1. The van der Waals surface area contributed by atoms with Crippen LogP contribution in [0, 0.1) is 6.92 Å². The largest absolute Gasteiger partial charge is 0.449 e. The van der Waals surface area contributed by atoms with Crippen molar-refractivity contribution >= 4 is 17.9 Å². The molecule has 0 radical (unpaired) electrons. The van der Waals surface area contributed by atoms with E-state index in [1.807, 2.05) is 32.9 Å². The van der Waals surface area contributed by atoms with Crippen molar-refractivity contribution in [2.45, 2.75) is 46.5 Å². The molecule has 122 valence electrons. The van der Waals surface area contributed by atoms with Crippen LogP contribution in [0.5, 0.6) is 0 Å². The first-order valence-electron chi connectivity index (χ1n) is 7.80. The second-order valence-corrected chi connectivity index (χ2v) is 5.11. The Balaban J connectivity index is 2.82. The van der Waals surface area contributed by atoms with Gasteiger partial charge >= 0.3 is 12.2 Å². The summed E-state index contributed by atoms with van der Waals surface area (Å²) in [5.74, 6) is 0. The number of carbonyl (C=O) groups excluding carboxylic acids is 2. The third-order valence-electron chi connectivity index (χ3n) is 3.10. The minimum absolute atomic E-state index is 0.292. The van der Waals surface area contributed by atoms with Crippen LogP contribution >= 0.6 is 0 Å². The summed E-state index contributed by atoms with van der Waals surface area (Å²) in [7, 11) is 0. The Morgan fingerprint density at radius 2 is 1.36 bits per heavy atom. The fraction of sp³-hybridized carbons (Fsp3) is 0.529. The maximum atomic E-state index is 12.2. The van der Waals surface area contributed by atoms with Gasteiger partial charge in [0.2, 0.25) is 0 Å². The molecule has 0 aliphatic carbocycles. The van der Waals surface area contributed by atoms with E-state index in [1.165, 1.54) is 0 Å². The maximum absolute atomic E-state index is 12.2. The van der Waals surface area contributed by atoms with E-state index in [9.17, 15) is 9.59 Å². The number of imide groups is 1. The standard InChI is InChI=1S/C17H25NO4/c1-4-6-12-21-16(19)18(17(20)22-13-7-5-2)15-10-8-14(3)9-11-15/h8-11H,4-7,12-13H2,1-3H3. The molecular weight excluding hydrogens is 282 g/mol. The normalized spacial score (nSPS) is 10.1. The molecule has 0 spiro atoms. The van der Waals surface area contributed by atoms with Gasteiger partial charge in [-0.05, 0) is 31.9 Å². The fourth-order valence-corrected chi connectivity index (χ4v) is 1.72. The number of hydrogen-bond acceptors (Lipinski definition) is 4. The second-order valence-electron chi connectivity index (χ2n) is 5.11. The summed E-state index contributed by atoms with van der Waals surface area (Å²) in [5.41, 5.74) is 1.50. The number of nitrogens with zero attached hydrogens (tertiary/aromatic N) is 1. The van der Waals surface area contributed by atoms with Gasteiger partial charge in [-0.2, -0.15) is 4.90 Å². The Morgan fingerprint density at radius 3 is 1.77 bits per heavy atom. The van der Waals surface area contributed by atoms with Crippen LogP contribution in [0.1, 0.15) is 45.1 Å². The Hall–Kier alpha value is -2.04. The fourth-order valence-electron chi connectivity index (χ4n) is 1.72. The molecule has 0 fully saturated rings. The van der Waals surface area contributed by atoms with Gasteiger partial charge in [0.1, 0.15) is 0 Å². The molecule has 0 saturated carbocycles. The van der Waals surface area contributed by atoms with Gasteiger partial charge < -0.3 is 9.47 Å². The molecular formula is C17H25NO4. The van der Waals surface area contributed by atoms with E-state index in [2.05, 4.69) is 0 Å². The van der Waals surface area contributed by atoms with Crippen molar-refractivity contribution in [1.82, 2.24) is 0 Å². The molecule has 0 heterocycles. The summed E-state index contributed by atoms with van der Waals surface area (Å²) in [6.07, 6.45) is 1.96. The van der Waals surface area contributed by atoms with Crippen LogP contribution in [-0.2, 0) is 9.47 Å². The Morgan fingerprint density at radius 1 is 0.909 bits per heavy atom. The zero-order chi connectivity index (χ0) is 16.4. The third kappa shape index (κ3) is 5.76. The van der Waals surface area contributed by atoms with Gasteiger partial charge in [-0.25, -0.2) is 9.59 Å². The van der Waals surface area contributed by atoms with Gasteiger partial charge in [0.05, 0.1) is 18.9 Å². The van der Waals surface area contributed by atoms with Gasteiger partial charge in [-0.3, -0.25) is 0 Å². The van der Waals surface area contributed by atoms with Crippen LogP contribution in [0.15, 0.2) is 24.3 Å². The van der Waals surface area contributed by atoms with Crippen molar-refractivity contribution in [2.24, 2.45) is 0 Å². The van der Waals surface area contributed by atoms with Crippen LogP contribution in [0.4, 0.5) is 15.3 Å². The predicted octanol–water partition coefficient (Wildman–Crippen LogP) is 4.67. The molecule has 1 rings (SSSR count). The van der Waals surface area contributed by atoms with Crippen LogP contribution < -0.4 is 4.90 Å². The number of amides is 2. The lowest BCUT2D eigenvalue weighted by Gasteiger charge is -2.20. The molecule has 5 nitrogen and oxygen atoms in total. The van der Waals surface area contributed by atoms with Crippen LogP contribution in [0.25, 0.3) is 0 Å². The van der Waals surface area contributed by atoms with Crippen molar-refractivity contribution < 1.29 is 19.1 Å². The third-order valence-corrected chi connectivity index (χ3v) is 3.10. The summed E-state index contributed by atoms with van der Waals surface area (Å²) in [5, 5.41) is 0. The van der Waals surface area contributed by atoms with E-state index in [0.717, 1.165) is 36.1 Å². The minimum atomic E-state index is -0.696. The molecule has 0 aliphatic heterocycles. The Bertz CT molecular complexity index is 448. The summed E-state index contributed by atoms with van der Waals surface area (Å²) in [4.78, 5) is 25.3. The molecule has 0 saturated heterocycles. The SMILES string of the molecule is CCCCOC(=O)N(C(=O)OCCCC)c1ccc(C)cc1. The van der Waals surface area contributed by atoms with E-state index in [1.54, 1.807) is 12.1 Å². The summed E-state index contributed by atoms with van der Waals surface area (Å²) < 4.78 is 10.3. The molecule has 0 atom stereocenters. The van der Waals surface area contributed by atoms with Gasteiger partial charge in [0, 0.05) is 0 Å². The van der Waals surface area contributed by atoms with Crippen molar-refractivity contribution in [3.8, 4) is 0 Å². The van der Waals surface area contributed by atoms with Crippen molar-refractivity contribution in [1.29, 1.82) is 0 Å². The summed E-state index contributed by atoms with van der Waals surface area (Å²) in [6.45, 7) is 6.53. The Labute approximate surface area is 132 Å². The number of aryl methyl sites for hydroxylation is 1. The number of carbonyl (C=O) groups is 2. The molecule has 1 aromatic rings. The first kappa shape index (κ1) is 18.0. The monoisotopic (exact) mass is 307 g/mol. The lowest BCUT2D eigenvalue weighted by molar-refractivity contribution is 0.133. The Kier molecular flexibility index (Phi) is 8.04. The minimum Gasteiger partial charge on any atom is -0.449 e. The highest BCUT2D eigenvalue weighted by Gasteiger charge is 2.26. The molecule has 22 heavy (non-hydrogen) atoms. The van der Waals surface area contributed by atoms with Gasteiger partial charge in [-0.1, -0.05) is 44.4 Å². The quantitative estimate of drug-likeness (QED) is 0.687. The van der Waals surface area contributed by atoms with Crippen molar-refractivity contribution in [3.63, 3.8) is 0 Å². The molecule has 0 unspecified atom stereocenters. The van der Waals surface area contributed by atoms with Gasteiger partial charge in [0.15, 0.2) is 0 Å². The number of rotatable bonds is 7.